The van der Waals surface area contributed by atoms with Crippen molar-refractivity contribution in [2.24, 2.45) is 11.3 Å². The Morgan fingerprint density at radius 3 is 2.52 bits per heavy atom. The predicted octanol–water partition coefficient (Wildman–Crippen LogP) is 2.56. The molecule has 10 atom stereocenters. The number of hydrogen-bond acceptors (Lipinski definition) is 10. The van der Waals surface area contributed by atoms with E-state index in [-0.39, 0.29) is 19.1 Å². The SMILES string of the molecule is C=C1C[C@](O)([C@H](O)C(=O)N[C@H]2OCOC3[C@@H](OC)C(C)(C)[C@@H](C[C@H](O)CCCCC/C=C/C=C/C(=O)O)O[C@@H]32)O[C@H](C)[C@@H]1C. The number of allylic oxidation sites excluding steroid dienone is 3. The van der Waals surface area contributed by atoms with Crippen molar-refractivity contribution >= 4 is 11.9 Å². The summed E-state index contributed by atoms with van der Waals surface area (Å²) in [5, 5.41) is 44.1. The van der Waals surface area contributed by atoms with Crippen LogP contribution in [0.3, 0.4) is 0 Å². The van der Waals surface area contributed by atoms with Crippen molar-refractivity contribution < 1.29 is 53.7 Å². The number of aliphatic hydroxyl groups is 3. The lowest BCUT2D eigenvalue weighted by Gasteiger charge is -2.54. The van der Waals surface area contributed by atoms with Crippen molar-refractivity contribution in [1.82, 2.24) is 5.32 Å². The summed E-state index contributed by atoms with van der Waals surface area (Å²) >= 11 is 0. The fraction of sp³-hybridized carbons (Fsp3) is 0.750. The van der Waals surface area contributed by atoms with Gasteiger partial charge < -0.3 is 49.4 Å². The van der Waals surface area contributed by atoms with Crippen LogP contribution in [0.15, 0.2) is 36.5 Å². The smallest absolute Gasteiger partial charge is 0.328 e. The third-order valence-corrected chi connectivity index (χ3v) is 9.13. The molecule has 3 aliphatic heterocycles. The van der Waals surface area contributed by atoms with Gasteiger partial charge in [-0.05, 0) is 26.2 Å². The van der Waals surface area contributed by atoms with Crippen molar-refractivity contribution in [2.45, 2.75) is 127 Å². The second-order valence-electron chi connectivity index (χ2n) is 12.8. The van der Waals surface area contributed by atoms with E-state index in [9.17, 15) is 24.9 Å². The molecule has 0 aromatic heterocycles. The van der Waals surface area contributed by atoms with Crippen LogP contribution in [0.4, 0.5) is 0 Å². The molecule has 0 aromatic rings. The zero-order valence-corrected chi connectivity index (χ0v) is 26.5. The van der Waals surface area contributed by atoms with Crippen LogP contribution in [0, 0.1) is 11.3 Å². The van der Waals surface area contributed by atoms with Crippen molar-refractivity contribution in [3.8, 4) is 0 Å². The monoisotopic (exact) mass is 625 g/mol. The van der Waals surface area contributed by atoms with Gasteiger partial charge >= 0.3 is 5.97 Å². The van der Waals surface area contributed by atoms with E-state index in [2.05, 4.69) is 11.9 Å². The Balaban J connectivity index is 1.59. The van der Waals surface area contributed by atoms with Gasteiger partial charge in [0.1, 0.15) is 19.0 Å². The molecule has 0 aliphatic carbocycles. The molecule has 1 amide bonds. The van der Waals surface area contributed by atoms with Crippen LogP contribution in [0.25, 0.3) is 0 Å². The second kappa shape index (κ2) is 15.9. The molecule has 0 aromatic carbocycles. The standard InChI is InChI=1S/C32H51NO11/c1-19-17-32(39,44-21(3)20(19)2)27(37)29(38)33-30-26-25(41-18-42-30)28(40-6)31(4,5)23(43-26)16-22(34)14-12-10-8-7-9-11-13-15-24(35)36/h9,11,13,15,20-23,25-28,30,34,37,39H,1,7-8,10,12,14,16-18H2,2-6H3,(H,33,38)(H,35,36)/b11-9+,15-13+/t20-,21-,22-,23-,25?,26+,27-,28-,30+,32-/m1/s1. The first-order valence-corrected chi connectivity index (χ1v) is 15.4. The average Bonchev–Trinajstić information content (AvgIpc) is 2.95. The third kappa shape index (κ3) is 8.97. The van der Waals surface area contributed by atoms with Gasteiger partial charge in [-0.3, -0.25) is 4.79 Å². The van der Waals surface area contributed by atoms with E-state index in [0.717, 1.165) is 31.8 Å². The maximum absolute atomic E-state index is 13.2. The van der Waals surface area contributed by atoms with Gasteiger partial charge in [0.15, 0.2) is 12.3 Å². The first kappa shape index (κ1) is 36.3. The van der Waals surface area contributed by atoms with Crippen molar-refractivity contribution in [3.05, 3.63) is 36.5 Å². The van der Waals surface area contributed by atoms with E-state index >= 15 is 0 Å². The Hall–Kier alpha value is -2.16. The Kier molecular flexibility index (Phi) is 13.1. The van der Waals surface area contributed by atoms with Gasteiger partial charge in [0.2, 0.25) is 5.79 Å². The Morgan fingerprint density at radius 1 is 1.14 bits per heavy atom. The fourth-order valence-corrected chi connectivity index (χ4v) is 6.22. The summed E-state index contributed by atoms with van der Waals surface area (Å²) in [5.41, 5.74) is 0.111. The highest BCUT2D eigenvalue weighted by atomic mass is 16.7. The van der Waals surface area contributed by atoms with Crippen LogP contribution in [0.5, 0.6) is 0 Å². The van der Waals surface area contributed by atoms with E-state index in [1.807, 2.05) is 26.8 Å². The number of aliphatic hydroxyl groups excluding tert-OH is 2. The van der Waals surface area contributed by atoms with E-state index in [4.69, 9.17) is 28.8 Å². The average molecular weight is 626 g/mol. The molecule has 0 spiro atoms. The van der Waals surface area contributed by atoms with E-state index < -0.39 is 72.0 Å². The number of carbonyl (C=O) groups excluding carboxylic acids is 1. The molecule has 250 valence electrons. The highest BCUT2D eigenvalue weighted by molar-refractivity contribution is 5.82. The first-order valence-electron chi connectivity index (χ1n) is 15.4. The number of nitrogens with one attached hydrogen (secondary N) is 1. The molecular formula is C32H51NO11. The maximum Gasteiger partial charge on any atom is 0.328 e. The van der Waals surface area contributed by atoms with E-state index in [0.29, 0.717) is 18.4 Å². The number of carboxylic acid groups (broad SMARTS) is 1. The summed E-state index contributed by atoms with van der Waals surface area (Å²) in [6.45, 7) is 11.4. The van der Waals surface area contributed by atoms with Gasteiger partial charge in [0, 0.05) is 37.4 Å². The molecule has 3 rings (SSSR count). The lowest BCUT2D eigenvalue weighted by molar-refractivity contribution is -0.332. The largest absolute Gasteiger partial charge is 0.478 e. The van der Waals surface area contributed by atoms with Gasteiger partial charge in [0.25, 0.3) is 5.91 Å². The summed E-state index contributed by atoms with van der Waals surface area (Å²) in [6, 6.07) is 0. The minimum absolute atomic E-state index is 0.0426. The molecule has 44 heavy (non-hydrogen) atoms. The number of amides is 1. The van der Waals surface area contributed by atoms with Gasteiger partial charge in [-0.25, -0.2) is 4.79 Å². The molecule has 12 nitrogen and oxygen atoms in total. The third-order valence-electron chi connectivity index (χ3n) is 9.13. The second-order valence-corrected chi connectivity index (χ2v) is 12.8. The van der Waals surface area contributed by atoms with E-state index in [1.165, 1.54) is 6.08 Å². The number of hydrogen-bond donors (Lipinski definition) is 5. The predicted molar refractivity (Wildman–Crippen MR) is 160 cm³/mol. The number of fused-ring (bicyclic) bond motifs is 1. The molecule has 0 bridgehead atoms. The van der Waals surface area contributed by atoms with E-state index in [1.54, 1.807) is 20.1 Å². The number of rotatable bonds is 14. The van der Waals surface area contributed by atoms with Gasteiger partial charge in [-0.15, -0.1) is 0 Å². The highest BCUT2D eigenvalue weighted by Gasteiger charge is 2.57. The number of unbranched alkanes of at least 4 members (excludes halogenated alkanes) is 3. The number of carboxylic acids is 1. The highest BCUT2D eigenvalue weighted by Crippen LogP contribution is 2.44. The number of methoxy groups -OCH3 is 1. The summed E-state index contributed by atoms with van der Waals surface area (Å²) in [4.78, 5) is 23.7. The Labute approximate surface area is 260 Å². The molecule has 12 heteroatoms. The summed E-state index contributed by atoms with van der Waals surface area (Å²) in [5.74, 6) is -4.05. The molecule has 5 N–H and O–H groups in total. The summed E-state index contributed by atoms with van der Waals surface area (Å²) < 4.78 is 29.6. The van der Waals surface area contributed by atoms with Crippen LogP contribution in [0.2, 0.25) is 0 Å². The normalized spacial score (nSPS) is 35.4. The lowest BCUT2D eigenvalue weighted by Crippen LogP contribution is -2.69. The van der Waals surface area contributed by atoms with Crippen molar-refractivity contribution in [2.75, 3.05) is 13.9 Å². The molecule has 3 saturated heterocycles. The van der Waals surface area contributed by atoms with Gasteiger partial charge in [-0.2, -0.15) is 0 Å². The van der Waals surface area contributed by atoms with Gasteiger partial charge in [-0.1, -0.05) is 64.0 Å². The van der Waals surface area contributed by atoms with Crippen molar-refractivity contribution in [3.63, 3.8) is 0 Å². The van der Waals surface area contributed by atoms with Crippen LogP contribution in [0.1, 0.15) is 72.6 Å². The van der Waals surface area contributed by atoms with Crippen LogP contribution >= 0.6 is 0 Å². The number of carbonyl (C=O) groups is 2. The quantitative estimate of drug-likeness (QED) is 0.0831. The van der Waals surface area contributed by atoms with Gasteiger partial charge in [0.05, 0.1) is 24.4 Å². The molecule has 1 unspecified atom stereocenters. The molecular weight excluding hydrogens is 574 g/mol. The molecule has 3 aliphatic rings. The minimum Gasteiger partial charge on any atom is -0.478 e. The number of ether oxygens (including phenoxy) is 5. The molecule has 0 saturated carbocycles. The van der Waals surface area contributed by atoms with Crippen LogP contribution in [-0.4, -0.2) is 101 Å². The summed E-state index contributed by atoms with van der Waals surface area (Å²) in [6.07, 6.45) is 4.09. The van der Waals surface area contributed by atoms with Crippen molar-refractivity contribution in [1.29, 1.82) is 0 Å². The first-order chi connectivity index (χ1) is 20.7. The summed E-state index contributed by atoms with van der Waals surface area (Å²) in [7, 11) is 1.58. The van der Waals surface area contributed by atoms with Crippen LogP contribution in [-0.2, 0) is 33.3 Å². The zero-order valence-electron chi connectivity index (χ0n) is 26.5. The lowest BCUT2D eigenvalue weighted by atomic mass is 9.72. The minimum atomic E-state index is -2.14. The molecule has 0 radical (unpaired) electrons. The topological polar surface area (TPSA) is 173 Å². The zero-order chi connectivity index (χ0) is 32.7. The Bertz CT molecular complexity index is 1050. The fourth-order valence-electron chi connectivity index (χ4n) is 6.22. The number of aliphatic carboxylic acids is 1. The Morgan fingerprint density at radius 2 is 1.86 bits per heavy atom. The van der Waals surface area contributed by atoms with Crippen LogP contribution < -0.4 is 5.32 Å². The molecule has 3 heterocycles. The maximum atomic E-state index is 13.2. The molecule has 3 fully saturated rings.